The van der Waals surface area contributed by atoms with Gasteiger partial charge in [-0.05, 0) is 55.7 Å². The predicted octanol–water partition coefficient (Wildman–Crippen LogP) is 3.72. The molecule has 2 fully saturated rings. The summed E-state index contributed by atoms with van der Waals surface area (Å²) in [4.78, 5) is 46.1. The fraction of sp³-hybridized carbons (Fsp3) is 0.414. The van der Waals surface area contributed by atoms with E-state index in [2.05, 4.69) is 15.0 Å². The van der Waals surface area contributed by atoms with Gasteiger partial charge in [-0.1, -0.05) is 55.6 Å². The number of nitrogens with one attached hydrogen (secondary N) is 3. The minimum atomic E-state index is -4.07. The maximum atomic E-state index is 13.8. The molecule has 0 radical (unpaired) electrons. The van der Waals surface area contributed by atoms with Crippen LogP contribution in [0.15, 0.2) is 47.4 Å². The smallest absolute Gasteiger partial charge is 0.268 e. The average molecular weight is 635 g/mol. The first-order chi connectivity index (χ1) is 19.5. The van der Waals surface area contributed by atoms with E-state index in [1.165, 1.54) is 18.2 Å². The van der Waals surface area contributed by atoms with Gasteiger partial charge in [0.25, 0.3) is 5.91 Å². The molecule has 2 aliphatic rings. The second-order valence-corrected chi connectivity index (χ2v) is 14.9. The van der Waals surface area contributed by atoms with Gasteiger partial charge in [0.05, 0.1) is 23.1 Å². The van der Waals surface area contributed by atoms with E-state index >= 15 is 0 Å². The van der Waals surface area contributed by atoms with Crippen LogP contribution in [0.1, 0.15) is 43.7 Å². The number of benzene rings is 2. The molecule has 0 aliphatic carbocycles. The van der Waals surface area contributed by atoms with Crippen LogP contribution in [-0.4, -0.2) is 78.2 Å². The van der Waals surface area contributed by atoms with Crippen LogP contribution >= 0.6 is 23.2 Å². The number of H-pyrrole nitrogens is 1. The molecule has 3 N–H and O–H groups in total. The molecule has 0 unspecified atom stereocenters. The van der Waals surface area contributed by atoms with Crippen molar-refractivity contribution in [3.05, 3.63) is 63.8 Å². The molecule has 5 rings (SSSR count). The summed E-state index contributed by atoms with van der Waals surface area (Å²) in [5, 5.41) is 4.03. The lowest BCUT2D eigenvalue weighted by Gasteiger charge is -2.69. The zero-order valence-electron chi connectivity index (χ0n) is 23.9. The van der Waals surface area contributed by atoms with Crippen LogP contribution in [0.3, 0.4) is 0 Å². The van der Waals surface area contributed by atoms with Crippen molar-refractivity contribution in [2.75, 3.05) is 19.6 Å². The fourth-order valence-electron chi connectivity index (χ4n) is 5.62. The van der Waals surface area contributed by atoms with Gasteiger partial charge >= 0.3 is 0 Å². The number of carbonyl (C=O) groups excluding carboxylic acids is 3. The number of hydrogen-bond acceptors (Lipinski definition) is 5. The summed E-state index contributed by atoms with van der Waals surface area (Å²) in [6.07, 6.45) is 0. The molecule has 224 valence electrons. The average Bonchev–Trinajstić information content (AvgIpc) is 3.33. The molecule has 13 heteroatoms. The lowest BCUT2D eigenvalue weighted by molar-refractivity contribution is -0.206. The van der Waals surface area contributed by atoms with Crippen LogP contribution in [0.25, 0.3) is 10.9 Å². The van der Waals surface area contributed by atoms with Crippen LogP contribution in [0, 0.1) is 12.3 Å². The first-order valence-electron chi connectivity index (χ1n) is 13.5. The number of rotatable bonds is 7. The second kappa shape index (κ2) is 10.6. The molecular formula is C29H33Cl2N5O5S. The van der Waals surface area contributed by atoms with Crippen molar-refractivity contribution in [2.45, 2.75) is 57.1 Å². The van der Waals surface area contributed by atoms with Crippen LogP contribution in [0.2, 0.25) is 10.0 Å². The molecule has 3 aromatic rings. The molecule has 0 spiro atoms. The van der Waals surface area contributed by atoms with Crippen molar-refractivity contribution in [1.29, 1.82) is 0 Å². The van der Waals surface area contributed by atoms with Crippen molar-refractivity contribution in [1.82, 2.24) is 24.8 Å². The quantitative estimate of drug-likeness (QED) is 0.365. The van der Waals surface area contributed by atoms with E-state index in [9.17, 15) is 22.8 Å². The summed E-state index contributed by atoms with van der Waals surface area (Å²) >= 11 is 11.9. The number of hydrogen-bond donors (Lipinski definition) is 3. The van der Waals surface area contributed by atoms with Crippen LogP contribution in [0.4, 0.5) is 0 Å². The summed E-state index contributed by atoms with van der Waals surface area (Å²) in [5.41, 5.74) is 1.07. The Morgan fingerprint density at radius 1 is 1.12 bits per heavy atom. The highest BCUT2D eigenvalue weighted by molar-refractivity contribution is 7.89. The normalized spacial score (nSPS) is 20.9. The van der Waals surface area contributed by atoms with Gasteiger partial charge in [-0.25, -0.2) is 13.1 Å². The van der Waals surface area contributed by atoms with Crippen molar-refractivity contribution in [3.63, 3.8) is 0 Å². The molecule has 2 saturated heterocycles. The highest BCUT2D eigenvalue weighted by atomic mass is 35.5. The van der Waals surface area contributed by atoms with Gasteiger partial charge in [-0.3, -0.25) is 14.4 Å². The number of sulfonamides is 1. The zero-order chi connectivity index (χ0) is 30.8. The van der Waals surface area contributed by atoms with Gasteiger partial charge in [0.15, 0.2) is 0 Å². The molecule has 10 nitrogen and oxygen atoms in total. The molecule has 2 aliphatic heterocycles. The Labute approximate surface area is 254 Å². The lowest BCUT2D eigenvalue weighted by Crippen LogP contribution is -2.89. The van der Waals surface area contributed by atoms with Gasteiger partial charge in [0, 0.05) is 29.0 Å². The highest BCUT2D eigenvalue weighted by Gasteiger charge is 2.65. The van der Waals surface area contributed by atoms with Gasteiger partial charge in [-0.15, -0.1) is 0 Å². The Bertz CT molecular complexity index is 1720. The van der Waals surface area contributed by atoms with Crippen LogP contribution in [0.5, 0.6) is 0 Å². The summed E-state index contributed by atoms with van der Waals surface area (Å²) in [5.74, 6) is -1.03. The number of amides is 3. The standard InChI is InChI=1S/C29H33Cl2N5O5S/c1-16-6-9-20-17(10-16)11-21(33-20)26(38)34-25(28(2,3)4)27(39)36-14-23-29(36,5)15-35(23)24(37)13-32-42(40,41)22-12-18(30)7-8-19(22)31/h6-12,23,25,32-33H,13-15H2,1-5H3,(H,34,38)/t23-,25-,29-/m1/s1. The third-order valence-corrected chi connectivity index (χ3v) is 10.3. The fourth-order valence-corrected chi connectivity index (χ4v) is 7.36. The number of aromatic amines is 1. The van der Waals surface area contributed by atoms with Gasteiger partial charge in [0.2, 0.25) is 21.8 Å². The number of aryl methyl sites for hydroxylation is 1. The van der Waals surface area contributed by atoms with Crippen molar-refractivity contribution < 1.29 is 22.8 Å². The third kappa shape index (κ3) is 5.39. The molecule has 0 saturated carbocycles. The maximum absolute atomic E-state index is 13.8. The van der Waals surface area contributed by atoms with Crippen molar-refractivity contribution in [2.24, 2.45) is 5.41 Å². The van der Waals surface area contributed by atoms with Gasteiger partial charge in [0.1, 0.15) is 16.6 Å². The number of nitrogens with zero attached hydrogens (tertiary/aromatic N) is 2. The summed E-state index contributed by atoms with van der Waals surface area (Å²) < 4.78 is 27.7. The molecule has 3 amide bonds. The Balaban J connectivity index is 1.22. The summed E-state index contributed by atoms with van der Waals surface area (Å²) in [6.45, 7) is 9.59. The second-order valence-electron chi connectivity index (χ2n) is 12.3. The first-order valence-corrected chi connectivity index (χ1v) is 15.7. The lowest BCUT2D eigenvalue weighted by atomic mass is 9.70. The van der Waals surface area contributed by atoms with E-state index in [0.717, 1.165) is 16.5 Å². The predicted molar refractivity (Wildman–Crippen MR) is 161 cm³/mol. The van der Waals surface area contributed by atoms with Gasteiger partial charge in [-0.2, -0.15) is 0 Å². The SMILES string of the molecule is Cc1ccc2[nH]c(C(=O)N[C@H](C(=O)N3C[C@H]4N(C(=O)CNS(=O)(=O)c5cc(Cl)ccc5Cl)C[C@]43C)C(C)(C)C)cc2c1. The van der Waals surface area contributed by atoms with Crippen LogP contribution < -0.4 is 10.0 Å². The topological polar surface area (TPSA) is 132 Å². The van der Waals surface area contributed by atoms with Crippen molar-refractivity contribution in [3.8, 4) is 0 Å². The monoisotopic (exact) mass is 633 g/mol. The van der Waals surface area contributed by atoms with Crippen molar-refractivity contribution >= 4 is 61.8 Å². The molecule has 0 bridgehead atoms. The number of carbonyl (C=O) groups is 3. The number of halogens is 2. The van der Waals surface area contributed by atoms with E-state index in [-0.39, 0.29) is 45.9 Å². The Kier molecular flexibility index (Phi) is 7.62. The maximum Gasteiger partial charge on any atom is 0.268 e. The number of aromatic nitrogens is 1. The van der Waals surface area contributed by atoms with E-state index in [4.69, 9.17) is 23.2 Å². The Hall–Kier alpha value is -3.12. The first kappa shape index (κ1) is 30.3. The minimum Gasteiger partial charge on any atom is -0.351 e. The number of likely N-dealkylation sites (tertiary alicyclic amines) is 2. The Morgan fingerprint density at radius 2 is 1.83 bits per heavy atom. The molecule has 3 atom stereocenters. The minimum absolute atomic E-state index is 0.0100. The summed E-state index contributed by atoms with van der Waals surface area (Å²) in [7, 11) is -4.07. The largest absolute Gasteiger partial charge is 0.351 e. The zero-order valence-corrected chi connectivity index (χ0v) is 26.2. The highest BCUT2D eigenvalue weighted by Crippen LogP contribution is 2.45. The summed E-state index contributed by atoms with van der Waals surface area (Å²) in [6, 6.07) is 10.6. The number of piperazine rings is 1. The molecule has 3 heterocycles. The third-order valence-electron chi connectivity index (χ3n) is 8.15. The van der Waals surface area contributed by atoms with E-state index in [0.29, 0.717) is 5.69 Å². The van der Waals surface area contributed by atoms with E-state index in [1.54, 1.807) is 15.9 Å². The molecule has 2 aromatic carbocycles. The van der Waals surface area contributed by atoms with E-state index < -0.39 is 39.5 Å². The molecule has 1 aromatic heterocycles. The molecule has 42 heavy (non-hydrogen) atoms. The number of fused-ring (bicyclic) bond motifs is 2. The Morgan fingerprint density at radius 3 is 2.48 bits per heavy atom. The van der Waals surface area contributed by atoms with Gasteiger partial charge < -0.3 is 20.1 Å². The van der Waals surface area contributed by atoms with Crippen LogP contribution in [-0.2, 0) is 19.6 Å². The molecular weight excluding hydrogens is 601 g/mol. The van der Waals surface area contributed by atoms with E-state index in [1.807, 2.05) is 52.8 Å².